The summed E-state index contributed by atoms with van der Waals surface area (Å²) in [6.45, 7) is 2.06. The second kappa shape index (κ2) is 6.83. The lowest BCUT2D eigenvalue weighted by molar-refractivity contribution is -0.157. The highest BCUT2D eigenvalue weighted by Gasteiger charge is 2.39. The summed E-state index contributed by atoms with van der Waals surface area (Å²) in [7, 11) is 1.62. The molecule has 0 saturated heterocycles. The smallest absolute Gasteiger partial charge is 0.306 e. The first-order chi connectivity index (χ1) is 7.68. The molecule has 0 aromatic heterocycles. The molecule has 1 N–H and O–H groups in total. The Morgan fingerprint density at radius 3 is 2.44 bits per heavy atom. The van der Waals surface area contributed by atoms with Gasteiger partial charge in [-0.15, -0.1) is 0 Å². The highest BCUT2D eigenvalue weighted by molar-refractivity contribution is 5.68. The minimum atomic E-state index is -0.792. The Balaban J connectivity index is 2.07. The Morgan fingerprint density at radius 2 is 1.94 bits per heavy atom. The van der Waals surface area contributed by atoms with Crippen LogP contribution in [0, 0.1) is 0 Å². The predicted octanol–water partition coefficient (Wildman–Crippen LogP) is 1.06. The normalized spacial score (nSPS) is 18.1. The summed E-state index contributed by atoms with van der Waals surface area (Å²) in [4.78, 5) is 10.7. The van der Waals surface area contributed by atoms with Gasteiger partial charge in [-0.25, -0.2) is 0 Å². The number of hydrogen-bond donors (Lipinski definition) is 1. The van der Waals surface area contributed by atoms with Gasteiger partial charge in [0.1, 0.15) is 0 Å². The molecule has 0 radical (unpaired) electrons. The summed E-state index contributed by atoms with van der Waals surface area (Å²) in [5, 5.41) is 8.76. The van der Waals surface area contributed by atoms with Gasteiger partial charge >= 0.3 is 5.97 Å². The fourth-order valence-corrected chi connectivity index (χ4v) is 1.78. The predicted molar refractivity (Wildman–Crippen MR) is 57.5 cm³/mol. The van der Waals surface area contributed by atoms with E-state index in [9.17, 15) is 4.79 Å². The van der Waals surface area contributed by atoms with Crippen molar-refractivity contribution in [3.8, 4) is 0 Å². The van der Waals surface area contributed by atoms with Crippen LogP contribution in [0.3, 0.4) is 0 Å². The Hall–Kier alpha value is -0.650. The van der Waals surface area contributed by atoms with Crippen LogP contribution in [0.2, 0.25) is 0 Å². The average Bonchev–Trinajstić information content (AvgIpc) is 2.18. The van der Waals surface area contributed by atoms with E-state index < -0.39 is 11.6 Å². The first-order valence-corrected chi connectivity index (χ1v) is 5.61. The number of carbonyl (C=O) groups is 1. The molecule has 0 aliphatic heterocycles. The van der Waals surface area contributed by atoms with Crippen molar-refractivity contribution in [2.75, 3.05) is 33.5 Å². The highest BCUT2D eigenvalue weighted by Crippen LogP contribution is 2.38. The second-order valence-electron chi connectivity index (χ2n) is 4.06. The minimum absolute atomic E-state index is 0.102. The molecule has 0 amide bonds. The maximum absolute atomic E-state index is 10.7. The molecule has 1 saturated carbocycles. The van der Waals surface area contributed by atoms with Gasteiger partial charge in [0.05, 0.1) is 38.4 Å². The van der Waals surface area contributed by atoms with Gasteiger partial charge in [0.15, 0.2) is 0 Å². The van der Waals surface area contributed by atoms with Crippen LogP contribution in [0.15, 0.2) is 0 Å². The van der Waals surface area contributed by atoms with E-state index >= 15 is 0 Å². The van der Waals surface area contributed by atoms with E-state index in [1.165, 1.54) is 0 Å². The maximum atomic E-state index is 10.7. The molecule has 94 valence electrons. The van der Waals surface area contributed by atoms with Crippen molar-refractivity contribution in [3.63, 3.8) is 0 Å². The number of ether oxygens (including phenoxy) is 3. The fraction of sp³-hybridized carbons (Fsp3) is 0.909. The Bertz CT molecular complexity index is 212. The van der Waals surface area contributed by atoms with Crippen LogP contribution < -0.4 is 0 Å². The van der Waals surface area contributed by atoms with Gasteiger partial charge in [-0.05, 0) is 19.3 Å². The van der Waals surface area contributed by atoms with Gasteiger partial charge in [-0.2, -0.15) is 0 Å². The molecule has 5 heteroatoms. The molecule has 1 aliphatic rings. The molecule has 5 nitrogen and oxygen atoms in total. The lowest BCUT2D eigenvalue weighted by atomic mass is 9.77. The summed E-state index contributed by atoms with van der Waals surface area (Å²) in [5.41, 5.74) is -0.420. The SMILES string of the molecule is COCCOCCOC1(CC(=O)O)CCC1. The van der Waals surface area contributed by atoms with E-state index in [0.717, 1.165) is 19.3 Å². The Morgan fingerprint density at radius 1 is 1.25 bits per heavy atom. The highest BCUT2D eigenvalue weighted by atomic mass is 16.5. The summed E-state index contributed by atoms with van der Waals surface area (Å²) in [6.07, 6.45) is 2.84. The molecule has 16 heavy (non-hydrogen) atoms. The zero-order valence-electron chi connectivity index (χ0n) is 9.74. The van der Waals surface area contributed by atoms with Gasteiger partial charge in [0, 0.05) is 7.11 Å². The molecule has 0 aromatic carbocycles. The molecule has 0 spiro atoms. The van der Waals surface area contributed by atoms with E-state index in [1.54, 1.807) is 7.11 Å². The Kier molecular flexibility index (Phi) is 5.73. The van der Waals surface area contributed by atoms with Crippen molar-refractivity contribution < 1.29 is 24.1 Å². The van der Waals surface area contributed by atoms with Gasteiger partial charge in [-0.1, -0.05) is 0 Å². The van der Waals surface area contributed by atoms with Crippen molar-refractivity contribution in [1.29, 1.82) is 0 Å². The number of rotatable bonds is 9. The quantitative estimate of drug-likeness (QED) is 0.602. The van der Waals surface area contributed by atoms with E-state index in [2.05, 4.69) is 0 Å². The molecule has 0 heterocycles. The van der Waals surface area contributed by atoms with Crippen LogP contribution in [0.4, 0.5) is 0 Å². The zero-order chi connectivity index (χ0) is 11.9. The lowest BCUT2D eigenvalue weighted by Crippen LogP contribution is -2.42. The van der Waals surface area contributed by atoms with Crippen LogP contribution in [-0.4, -0.2) is 50.2 Å². The summed E-state index contributed by atoms with van der Waals surface area (Å²) < 4.78 is 15.7. The third kappa shape index (κ3) is 4.47. The first-order valence-electron chi connectivity index (χ1n) is 5.61. The van der Waals surface area contributed by atoms with Crippen molar-refractivity contribution in [1.82, 2.24) is 0 Å². The average molecular weight is 232 g/mol. The summed E-state index contributed by atoms with van der Waals surface area (Å²) in [5.74, 6) is -0.792. The number of methoxy groups -OCH3 is 1. The topological polar surface area (TPSA) is 65.0 Å². The van der Waals surface area contributed by atoms with Crippen molar-refractivity contribution in [2.45, 2.75) is 31.3 Å². The van der Waals surface area contributed by atoms with Gasteiger partial charge < -0.3 is 19.3 Å². The molecule has 0 bridgehead atoms. The van der Waals surface area contributed by atoms with E-state index in [4.69, 9.17) is 19.3 Å². The number of carboxylic acids is 1. The third-order valence-electron chi connectivity index (χ3n) is 2.81. The molecular formula is C11H20O5. The lowest BCUT2D eigenvalue weighted by Gasteiger charge is -2.40. The summed E-state index contributed by atoms with van der Waals surface area (Å²) in [6, 6.07) is 0. The third-order valence-corrected chi connectivity index (χ3v) is 2.81. The van der Waals surface area contributed by atoms with E-state index in [1.807, 2.05) is 0 Å². The maximum Gasteiger partial charge on any atom is 0.306 e. The van der Waals surface area contributed by atoms with Crippen LogP contribution >= 0.6 is 0 Å². The largest absolute Gasteiger partial charge is 0.481 e. The second-order valence-corrected chi connectivity index (χ2v) is 4.06. The number of hydrogen-bond acceptors (Lipinski definition) is 4. The molecule has 0 unspecified atom stereocenters. The molecule has 1 aliphatic carbocycles. The van der Waals surface area contributed by atoms with E-state index in [0.29, 0.717) is 26.4 Å². The Labute approximate surface area is 95.7 Å². The zero-order valence-corrected chi connectivity index (χ0v) is 9.74. The number of aliphatic carboxylic acids is 1. The number of carboxylic acid groups (broad SMARTS) is 1. The van der Waals surface area contributed by atoms with Crippen LogP contribution in [0.25, 0.3) is 0 Å². The van der Waals surface area contributed by atoms with Gasteiger partial charge in [0.2, 0.25) is 0 Å². The van der Waals surface area contributed by atoms with Crippen LogP contribution in [-0.2, 0) is 19.0 Å². The first kappa shape index (κ1) is 13.4. The van der Waals surface area contributed by atoms with Crippen LogP contribution in [0.1, 0.15) is 25.7 Å². The van der Waals surface area contributed by atoms with Crippen LogP contribution in [0.5, 0.6) is 0 Å². The molecule has 1 fully saturated rings. The molecular weight excluding hydrogens is 212 g/mol. The van der Waals surface area contributed by atoms with Crippen molar-refractivity contribution in [3.05, 3.63) is 0 Å². The molecule has 0 aromatic rings. The van der Waals surface area contributed by atoms with Gasteiger partial charge in [0.25, 0.3) is 0 Å². The van der Waals surface area contributed by atoms with Gasteiger partial charge in [-0.3, -0.25) is 4.79 Å². The van der Waals surface area contributed by atoms with Crippen molar-refractivity contribution in [2.24, 2.45) is 0 Å². The molecule has 0 atom stereocenters. The van der Waals surface area contributed by atoms with Crippen molar-refractivity contribution >= 4 is 5.97 Å². The molecule has 1 rings (SSSR count). The minimum Gasteiger partial charge on any atom is -0.481 e. The summed E-state index contributed by atoms with van der Waals surface area (Å²) >= 11 is 0. The monoisotopic (exact) mass is 232 g/mol. The standard InChI is InChI=1S/C11H20O5/c1-14-5-6-15-7-8-16-11(3-2-4-11)9-10(12)13/h2-9H2,1H3,(H,12,13). The fourth-order valence-electron chi connectivity index (χ4n) is 1.78. The van der Waals surface area contributed by atoms with E-state index in [-0.39, 0.29) is 6.42 Å².